The molecule has 0 radical (unpaired) electrons. The molecule has 140 valence electrons. The molecule has 0 aliphatic heterocycles. The third-order valence-electron chi connectivity index (χ3n) is 5.16. The maximum Gasteiger partial charge on any atom is 0.154 e. The summed E-state index contributed by atoms with van der Waals surface area (Å²) < 4.78 is 0. The van der Waals surface area contributed by atoms with Crippen LogP contribution in [0.1, 0.15) is 70.5 Å². The normalized spacial score (nSPS) is 18.4. The van der Waals surface area contributed by atoms with Crippen molar-refractivity contribution in [1.29, 1.82) is 0 Å². The minimum Gasteiger partial charge on any atom is -0.512 e. The maximum atomic E-state index is 10.4. The molecular formula is C21H29N3O2. The van der Waals surface area contributed by atoms with E-state index in [0.29, 0.717) is 18.0 Å². The van der Waals surface area contributed by atoms with Gasteiger partial charge in [0.2, 0.25) is 0 Å². The summed E-state index contributed by atoms with van der Waals surface area (Å²) in [5, 5.41) is 23.4. The molecule has 0 bridgehead atoms. The van der Waals surface area contributed by atoms with Crippen LogP contribution in [0.15, 0.2) is 23.0 Å². The van der Waals surface area contributed by atoms with E-state index in [4.69, 9.17) is 9.97 Å². The van der Waals surface area contributed by atoms with Crippen molar-refractivity contribution in [1.82, 2.24) is 9.97 Å². The number of fused-ring (bicyclic) bond motifs is 2. The summed E-state index contributed by atoms with van der Waals surface area (Å²) in [4.78, 5) is 9.76. The first-order chi connectivity index (χ1) is 12.4. The van der Waals surface area contributed by atoms with Crippen molar-refractivity contribution < 1.29 is 10.2 Å². The molecule has 5 heteroatoms. The Kier molecular flexibility index (Phi) is 5.47. The number of allylic oxidation sites excluding steroid dienone is 5. The fourth-order valence-corrected chi connectivity index (χ4v) is 3.41. The second kappa shape index (κ2) is 7.62. The Balaban J connectivity index is 2.05. The number of aryl methyl sites for hydroxylation is 1. The van der Waals surface area contributed by atoms with Gasteiger partial charge in [-0.25, -0.2) is 9.97 Å². The molecule has 1 aromatic rings. The number of nitrogens with zero attached hydrogens (tertiary/aromatic N) is 2. The molecule has 1 aromatic heterocycles. The monoisotopic (exact) mass is 355 g/mol. The topological polar surface area (TPSA) is 78.3 Å². The summed E-state index contributed by atoms with van der Waals surface area (Å²) in [7, 11) is 0. The number of aliphatic hydroxyl groups is 2. The molecule has 26 heavy (non-hydrogen) atoms. The highest BCUT2D eigenvalue weighted by Crippen LogP contribution is 2.38. The van der Waals surface area contributed by atoms with Crippen molar-refractivity contribution in [2.75, 3.05) is 5.32 Å². The van der Waals surface area contributed by atoms with Crippen LogP contribution in [0.4, 0.5) is 5.82 Å². The average molecular weight is 355 g/mol. The van der Waals surface area contributed by atoms with Gasteiger partial charge in [0.05, 0.1) is 17.1 Å². The lowest BCUT2D eigenvalue weighted by atomic mass is 9.85. The Morgan fingerprint density at radius 2 is 2.00 bits per heavy atom. The van der Waals surface area contributed by atoms with E-state index in [0.717, 1.165) is 48.3 Å². The number of hydrogen-bond acceptors (Lipinski definition) is 5. The first-order valence-electron chi connectivity index (χ1n) is 9.51. The highest BCUT2D eigenvalue weighted by atomic mass is 16.3. The number of nitrogens with one attached hydrogen (secondary N) is 1. The van der Waals surface area contributed by atoms with Crippen molar-refractivity contribution in [3.8, 4) is 0 Å². The van der Waals surface area contributed by atoms with Gasteiger partial charge in [-0.15, -0.1) is 0 Å². The van der Waals surface area contributed by atoms with Crippen molar-refractivity contribution in [2.24, 2.45) is 5.92 Å². The van der Waals surface area contributed by atoms with Gasteiger partial charge in [-0.2, -0.15) is 0 Å². The lowest BCUT2D eigenvalue weighted by Gasteiger charge is -2.26. The lowest BCUT2D eigenvalue weighted by Crippen LogP contribution is -2.28. The molecular weight excluding hydrogens is 326 g/mol. The van der Waals surface area contributed by atoms with Gasteiger partial charge in [-0.3, -0.25) is 0 Å². The van der Waals surface area contributed by atoms with Gasteiger partial charge in [0, 0.05) is 12.3 Å². The van der Waals surface area contributed by atoms with Crippen LogP contribution in [-0.4, -0.2) is 26.4 Å². The summed E-state index contributed by atoms with van der Waals surface area (Å²) in [6, 6.07) is 0. The largest absolute Gasteiger partial charge is 0.512 e. The van der Waals surface area contributed by atoms with Gasteiger partial charge in [0.25, 0.3) is 0 Å². The highest BCUT2D eigenvalue weighted by Gasteiger charge is 2.26. The Bertz CT molecular complexity index is 789. The predicted octanol–water partition coefficient (Wildman–Crippen LogP) is 4.61. The average Bonchev–Trinajstić information content (AvgIpc) is 2.60. The van der Waals surface area contributed by atoms with Gasteiger partial charge < -0.3 is 15.5 Å². The molecule has 2 atom stereocenters. The molecule has 3 N–H and O–H groups in total. The SMILES string of the molecule is CCC(C)C(O)Nc1nc2c(nc1C=C(C)C)C1=C(C=C(O)CC1)CC2. The first-order valence-corrected chi connectivity index (χ1v) is 9.51. The minimum absolute atomic E-state index is 0.133. The molecule has 0 amide bonds. The van der Waals surface area contributed by atoms with E-state index < -0.39 is 6.23 Å². The molecule has 0 saturated carbocycles. The molecule has 1 heterocycles. The molecule has 0 fully saturated rings. The van der Waals surface area contributed by atoms with E-state index in [2.05, 4.69) is 12.2 Å². The summed E-state index contributed by atoms with van der Waals surface area (Å²) in [6.45, 7) is 8.14. The third-order valence-corrected chi connectivity index (χ3v) is 5.16. The highest BCUT2D eigenvalue weighted by molar-refractivity contribution is 5.75. The van der Waals surface area contributed by atoms with E-state index >= 15 is 0 Å². The fourth-order valence-electron chi connectivity index (χ4n) is 3.41. The molecule has 0 saturated heterocycles. The van der Waals surface area contributed by atoms with Crippen LogP contribution in [0.2, 0.25) is 0 Å². The van der Waals surface area contributed by atoms with Crippen LogP contribution >= 0.6 is 0 Å². The molecule has 5 nitrogen and oxygen atoms in total. The van der Waals surface area contributed by atoms with Crippen LogP contribution in [0, 0.1) is 5.92 Å². The van der Waals surface area contributed by atoms with E-state index in [9.17, 15) is 10.2 Å². The van der Waals surface area contributed by atoms with Crippen LogP contribution in [0.25, 0.3) is 11.6 Å². The zero-order chi connectivity index (χ0) is 18.8. The maximum absolute atomic E-state index is 10.4. The quantitative estimate of drug-likeness (QED) is 0.672. The molecule has 2 aliphatic carbocycles. The van der Waals surface area contributed by atoms with Crippen molar-refractivity contribution >= 4 is 17.5 Å². The first kappa shape index (κ1) is 18.6. The number of hydrogen-bond donors (Lipinski definition) is 3. The number of rotatable bonds is 5. The van der Waals surface area contributed by atoms with Crippen LogP contribution in [0.5, 0.6) is 0 Å². The van der Waals surface area contributed by atoms with Gasteiger partial charge in [0.15, 0.2) is 5.82 Å². The Morgan fingerprint density at radius 1 is 1.23 bits per heavy atom. The minimum atomic E-state index is -0.649. The second-order valence-electron chi connectivity index (χ2n) is 7.59. The smallest absolute Gasteiger partial charge is 0.154 e. The molecule has 2 aliphatic rings. The third kappa shape index (κ3) is 3.83. The van der Waals surface area contributed by atoms with Crippen LogP contribution < -0.4 is 5.32 Å². The zero-order valence-electron chi connectivity index (χ0n) is 16.1. The Morgan fingerprint density at radius 3 is 2.69 bits per heavy atom. The zero-order valence-corrected chi connectivity index (χ0v) is 16.1. The summed E-state index contributed by atoms with van der Waals surface area (Å²) in [5.74, 6) is 1.24. The number of anilines is 1. The summed E-state index contributed by atoms with van der Waals surface area (Å²) in [6.07, 6.45) is 7.26. The second-order valence-corrected chi connectivity index (χ2v) is 7.59. The Hall–Kier alpha value is -2.14. The summed E-state index contributed by atoms with van der Waals surface area (Å²) >= 11 is 0. The van der Waals surface area contributed by atoms with Crippen molar-refractivity contribution in [2.45, 2.75) is 66.0 Å². The fraction of sp³-hybridized carbons (Fsp3) is 0.524. The van der Waals surface area contributed by atoms with E-state index in [-0.39, 0.29) is 5.92 Å². The molecule has 2 unspecified atom stereocenters. The van der Waals surface area contributed by atoms with Crippen molar-refractivity contribution in [3.05, 3.63) is 40.1 Å². The number of aliphatic hydroxyl groups excluding tert-OH is 2. The van der Waals surface area contributed by atoms with Gasteiger partial charge in [-0.05, 0) is 62.8 Å². The molecule has 0 aromatic carbocycles. The van der Waals surface area contributed by atoms with Gasteiger partial charge in [-0.1, -0.05) is 19.4 Å². The summed E-state index contributed by atoms with van der Waals surface area (Å²) in [5.41, 5.74) is 6.20. The van der Waals surface area contributed by atoms with Crippen LogP contribution in [0.3, 0.4) is 0 Å². The number of aromatic nitrogens is 2. The van der Waals surface area contributed by atoms with Gasteiger partial charge >= 0.3 is 0 Å². The van der Waals surface area contributed by atoms with Gasteiger partial charge in [0.1, 0.15) is 11.9 Å². The standard InChI is InChI=1S/C21H29N3O2/c1-5-13(4)21(26)24-20-18(10-12(2)3)22-19-16-8-7-15(25)11-14(16)6-9-17(19)23-20/h10-11,13,21,25-26H,5-9H2,1-4H3,(H,23,24). The Labute approximate surface area is 155 Å². The predicted molar refractivity (Wildman–Crippen MR) is 106 cm³/mol. The van der Waals surface area contributed by atoms with E-state index in [1.165, 1.54) is 11.1 Å². The van der Waals surface area contributed by atoms with Crippen LogP contribution in [-0.2, 0) is 6.42 Å². The molecule has 3 rings (SSSR count). The molecule has 0 spiro atoms. The van der Waals surface area contributed by atoms with Crippen molar-refractivity contribution in [3.63, 3.8) is 0 Å². The lowest BCUT2D eigenvalue weighted by molar-refractivity contribution is 0.141. The van der Waals surface area contributed by atoms with E-state index in [1.807, 2.05) is 32.9 Å². The van der Waals surface area contributed by atoms with E-state index in [1.54, 1.807) is 0 Å².